The molecule has 0 aliphatic heterocycles. The van der Waals surface area contributed by atoms with Crippen molar-refractivity contribution in [3.05, 3.63) is 40.2 Å². The smallest absolute Gasteiger partial charge is 0.264 e. The largest absolute Gasteiger partial charge is 0.495 e. The molecule has 7 nitrogen and oxygen atoms in total. The van der Waals surface area contributed by atoms with Crippen LogP contribution in [0.5, 0.6) is 5.75 Å². The van der Waals surface area contributed by atoms with Crippen LogP contribution in [0.2, 0.25) is 0 Å². The molecule has 0 aliphatic rings. The summed E-state index contributed by atoms with van der Waals surface area (Å²) < 4.78 is 7.08. The van der Waals surface area contributed by atoms with Crippen molar-refractivity contribution in [3.8, 4) is 5.75 Å². The number of aromatic nitrogens is 1. The maximum absolute atomic E-state index is 13.1. The van der Waals surface area contributed by atoms with E-state index in [0.29, 0.717) is 11.7 Å². The van der Waals surface area contributed by atoms with Crippen LogP contribution in [0.15, 0.2) is 29.1 Å². The fraction of sp³-hybridized carbons (Fsp3) is 0.522. The summed E-state index contributed by atoms with van der Waals surface area (Å²) in [6.45, 7) is 8.26. The average molecular weight is 446 g/mol. The maximum Gasteiger partial charge on any atom is 0.264 e. The number of fused-ring (bicyclic) bond motifs is 1. The predicted octanol–water partition coefficient (Wildman–Crippen LogP) is 4.01. The lowest BCUT2D eigenvalue weighted by atomic mass is 9.90. The van der Waals surface area contributed by atoms with E-state index in [9.17, 15) is 4.79 Å². The van der Waals surface area contributed by atoms with Crippen molar-refractivity contribution in [2.45, 2.75) is 52.1 Å². The van der Waals surface area contributed by atoms with Gasteiger partial charge in [-0.1, -0.05) is 26.0 Å². The number of methoxy groups -OCH3 is 1. The van der Waals surface area contributed by atoms with Crippen LogP contribution in [-0.4, -0.2) is 45.4 Å². The number of amidine groups is 1. The molecule has 0 radical (unpaired) electrons. The number of hydrogen-bond acceptors (Lipinski definition) is 6. The zero-order valence-corrected chi connectivity index (χ0v) is 20.4. The highest BCUT2D eigenvalue weighted by molar-refractivity contribution is 8.26. The molecular weight excluding hydrogens is 410 g/mol. The summed E-state index contributed by atoms with van der Waals surface area (Å²) in [6.07, 6.45) is 1.60. The number of aryl methyl sites for hydroxylation is 1. The molecule has 1 heterocycles. The maximum atomic E-state index is 13.1. The molecule has 1 unspecified atom stereocenters. The van der Waals surface area contributed by atoms with Gasteiger partial charge in [-0.05, 0) is 56.5 Å². The van der Waals surface area contributed by atoms with Crippen molar-refractivity contribution in [1.82, 2.24) is 9.47 Å². The van der Waals surface area contributed by atoms with E-state index < -0.39 is 0 Å². The third-order valence-corrected chi connectivity index (χ3v) is 6.15. The highest BCUT2D eigenvalue weighted by Gasteiger charge is 2.27. The number of nitrogens with one attached hydrogen (secondary N) is 2. The van der Waals surface area contributed by atoms with E-state index in [4.69, 9.17) is 21.3 Å². The Morgan fingerprint density at radius 2 is 1.90 bits per heavy atom. The van der Waals surface area contributed by atoms with Gasteiger partial charge < -0.3 is 19.9 Å². The molecule has 0 spiro atoms. The van der Waals surface area contributed by atoms with Crippen LogP contribution in [-0.2, 0) is 7.05 Å². The van der Waals surface area contributed by atoms with Gasteiger partial charge in [-0.15, -0.1) is 0 Å². The molecular formula is C23H35N5O2S. The number of nitrogens with two attached hydrogens (primary N) is 1. The molecule has 4 N–H and O–H groups in total. The molecule has 1 aromatic heterocycles. The Morgan fingerprint density at radius 3 is 2.45 bits per heavy atom. The van der Waals surface area contributed by atoms with Gasteiger partial charge in [0.25, 0.3) is 5.56 Å². The molecule has 0 amide bonds. The molecule has 0 saturated heterocycles. The molecule has 2 aromatic rings. The number of rotatable bonds is 7. The minimum Gasteiger partial charge on any atom is -0.495 e. The van der Waals surface area contributed by atoms with Gasteiger partial charge in [-0.3, -0.25) is 15.6 Å². The van der Waals surface area contributed by atoms with Crippen molar-refractivity contribution < 1.29 is 4.74 Å². The molecule has 0 bridgehead atoms. The van der Waals surface area contributed by atoms with Gasteiger partial charge in [0.2, 0.25) is 0 Å². The second-order valence-corrected chi connectivity index (χ2v) is 10.1. The van der Waals surface area contributed by atoms with Gasteiger partial charge in [0.15, 0.2) is 5.17 Å². The van der Waals surface area contributed by atoms with Crippen LogP contribution in [0.4, 0.5) is 0 Å². The Bertz CT molecular complexity index is 1020. The number of hydrogen-bond donors (Lipinski definition) is 3. The minimum atomic E-state index is -0.371. The molecule has 8 heteroatoms. The Hall–Kier alpha value is -2.32. The number of benzene rings is 1. The highest BCUT2D eigenvalue weighted by Crippen LogP contribution is 2.30. The van der Waals surface area contributed by atoms with Crippen LogP contribution in [0, 0.1) is 16.7 Å². The van der Waals surface area contributed by atoms with Crippen LogP contribution in [0.25, 0.3) is 10.9 Å². The first-order chi connectivity index (χ1) is 14.4. The molecule has 0 aliphatic carbocycles. The second-order valence-electron chi connectivity index (χ2n) is 9.11. The summed E-state index contributed by atoms with van der Waals surface area (Å²) in [5, 5.41) is 18.2. The SMILES string of the molecule is COc1c(C(=N)SC(=N)N(C)C(CC(C)C)CC(C)(C)N)c(=O)n(C)c2ccccc12. The molecule has 0 fully saturated rings. The number of para-hydroxylation sites is 1. The van der Waals surface area contributed by atoms with Gasteiger partial charge in [-0.2, -0.15) is 0 Å². The summed E-state index contributed by atoms with van der Waals surface area (Å²) in [5.74, 6) is 0.813. The normalized spacial score (nSPS) is 12.8. The Kier molecular flexibility index (Phi) is 7.94. The van der Waals surface area contributed by atoms with Crippen LogP contribution in [0.1, 0.15) is 46.1 Å². The number of nitrogens with zero attached hydrogens (tertiary/aromatic N) is 2. The lowest BCUT2D eigenvalue weighted by Gasteiger charge is -2.35. The quantitative estimate of drug-likeness (QED) is 0.441. The summed E-state index contributed by atoms with van der Waals surface area (Å²) in [7, 11) is 5.05. The zero-order chi connectivity index (χ0) is 23.5. The van der Waals surface area contributed by atoms with Crippen molar-refractivity contribution in [2.75, 3.05) is 14.2 Å². The molecule has 2 rings (SSSR count). The fourth-order valence-corrected chi connectivity index (χ4v) is 4.56. The first kappa shape index (κ1) is 24.9. The van der Waals surface area contributed by atoms with Gasteiger partial charge in [0.1, 0.15) is 16.4 Å². The van der Waals surface area contributed by atoms with E-state index in [-0.39, 0.29) is 32.9 Å². The second kappa shape index (κ2) is 9.87. The topological polar surface area (TPSA) is 108 Å². The van der Waals surface area contributed by atoms with E-state index in [2.05, 4.69) is 13.8 Å². The molecule has 1 atom stereocenters. The van der Waals surface area contributed by atoms with Gasteiger partial charge >= 0.3 is 0 Å². The van der Waals surface area contributed by atoms with Gasteiger partial charge in [0.05, 0.1) is 12.6 Å². The molecule has 170 valence electrons. The average Bonchev–Trinajstić information content (AvgIpc) is 2.67. The van der Waals surface area contributed by atoms with E-state index in [1.807, 2.05) is 50.1 Å². The van der Waals surface area contributed by atoms with Crippen molar-refractivity contribution in [2.24, 2.45) is 18.7 Å². The first-order valence-electron chi connectivity index (χ1n) is 10.4. The Balaban J connectivity index is 2.38. The standard InChI is InChI=1S/C23H35N5O2S/c1-14(2)12-15(13-23(3,4)26)27(5)22(25)31-20(24)18-19(30-7)16-10-8-9-11-17(16)28(6)21(18)29/h8-11,14-15,24-25H,12-13,26H2,1-7H3. The lowest BCUT2D eigenvalue weighted by Crippen LogP contribution is -2.45. The van der Waals surface area contributed by atoms with Crippen LogP contribution >= 0.6 is 11.8 Å². The predicted molar refractivity (Wildman–Crippen MR) is 132 cm³/mol. The number of thioether (sulfide) groups is 1. The highest BCUT2D eigenvalue weighted by atomic mass is 32.2. The van der Waals surface area contributed by atoms with Crippen molar-refractivity contribution in [1.29, 1.82) is 10.8 Å². The summed E-state index contributed by atoms with van der Waals surface area (Å²) >= 11 is 0.962. The van der Waals surface area contributed by atoms with Crippen LogP contribution < -0.4 is 16.0 Å². The lowest BCUT2D eigenvalue weighted by molar-refractivity contribution is 0.255. The van der Waals surface area contributed by atoms with Crippen molar-refractivity contribution >= 4 is 32.9 Å². The Morgan fingerprint density at radius 1 is 1.29 bits per heavy atom. The third-order valence-electron chi connectivity index (χ3n) is 5.26. The zero-order valence-electron chi connectivity index (χ0n) is 19.6. The number of ether oxygens (including phenoxy) is 1. The summed E-state index contributed by atoms with van der Waals surface area (Å²) in [6, 6.07) is 7.51. The summed E-state index contributed by atoms with van der Waals surface area (Å²) in [5.41, 5.74) is 6.49. The van der Waals surface area contributed by atoms with E-state index in [1.54, 1.807) is 7.05 Å². The summed E-state index contributed by atoms with van der Waals surface area (Å²) in [4.78, 5) is 14.9. The number of pyridine rings is 1. The first-order valence-corrected chi connectivity index (χ1v) is 11.2. The van der Waals surface area contributed by atoms with Crippen LogP contribution in [0.3, 0.4) is 0 Å². The molecule has 0 saturated carbocycles. The van der Waals surface area contributed by atoms with E-state index >= 15 is 0 Å². The third kappa shape index (κ3) is 5.89. The van der Waals surface area contributed by atoms with E-state index in [1.165, 1.54) is 11.7 Å². The van der Waals surface area contributed by atoms with Gasteiger partial charge in [0, 0.05) is 31.1 Å². The van der Waals surface area contributed by atoms with Gasteiger partial charge in [-0.25, -0.2) is 0 Å². The monoisotopic (exact) mass is 445 g/mol. The molecule has 1 aromatic carbocycles. The minimum absolute atomic E-state index is 0.00430. The van der Waals surface area contributed by atoms with E-state index in [0.717, 1.165) is 35.5 Å². The molecule has 31 heavy (non-hydrogen) atoms. The Labute approximate surface area is 189 Å². The van der Waals surface area contributed by atoms with Crippen molar-refractivity contribution in [3.63, 3.8) is 0 Å². The fourth-order valence-electron chi connectivity index (χ4n) is 3.79.